The van der Waals surface area contributed by atoms with Crippen LogP contribution in [0.4, 0.5) is 5.69 Å². The van der Waals surface area contributed by atoms with E-state index in [1.165, 1.54) is 11.8 Å². The van der Waals surface area contributed by atoms with Crippen LogP contribution in [-0.2, 0) is 12.2 Å². The van der Waals surface area contributed by atoms with E-state index in [2.05, 4.69) is 33.7 Å². The summed E-state index contributed by atoms with van der Waals surface area (Å²) >= 11 is 3.14. The highest BCUT2D eigenvalue weighted by Gasteiger charge is 2.16. The van der Waals surface area contributed by atoms with E-state index in [4.69, 9.17) is 0 Å². The molecule has 0 spiro atoms. The Bertz CT molecular complexity index is 1010. The molecule has 0 unspecified atom stereocenters. The second-order valence-electron chi connectivity index (χ2n) is 6.18. The fraction of sp³-hybridized carbons (Fsp3) is 0.238. The number of nitrogens with one attached hydrogen (secondary N) is 1. The maximum Gasteiger partial charge on any atom is 0.257 e. The minimum absolute atomic E-state index is 0.270. The van der Waals surface area contributed by atoms with Gasteiger partial charge in [-0.25, -0.2) is 9.97 Å². The minimum atomic E-state index is -0.270. The Balaban J connectivity index is 1.75. The number of thiazole rings is 1. The fourth-order valence-electron chi connectivity index (χ4n) is 2.61. The second-order valence-corrected chi connectivity index (χ2v) is 8.08. The van der Waals surface area contributed by atoms with Gasteiger partial charge in [0.2, 0.25) is 0 Å². The van der Waals surface area contributed by atoms with Gasteiger partial charge in [-0.3, -0.25) is 4.79 Å². The number of amides is 1. The van der Waals surface area contributed by atoms with Gasteiger partial charge in [-0.1, -0.05) is 36.9 Å². The van der Waals surface area contributed by atoms with Crippen LogP contribution in [0, 0.1) is 18.3 Å². The van der Waals surface area contributed by atoms with E-state index < -0.39 is 0 Å². The summed E-state index contributed by atoms with van der Waals surface area (Å²) in [7, 11) is 0. The first-order valence-electron chi connectivity index (χ1n) is 8.95. The number of pyridine rings is 1. The zero-order chi connectivity index (χ0) is 19.9. The molecule has 5 nitrogen and oxygen atoms in total. The van der Waals surface area contributed by atoms with Gasteiger partial charge in [-0.2, -0.15) is 5.26 Å². The zero-order valence-corrected chi connectivity index (χ0v) is 17.4. The van der Waals surface area contributed by atoms with Crippen LogP contribution < -0.4 is 5.32 Å². The third-order valence-corrected chi connectivity index (χ3v) is 5.98. The number of rotatable bonds is 7. The van der Waals surface area contributed by atoms with E-state index in [0.717, 1.165) is 23.5 Å². The number of carbonyl (C=O) groups is 1. The number of aromatic nitrogens is 2. The maximum absolute atomic E-state index is 12.6. The Kier molecular flexibility index (Phi) is 6.80. The van der Waals surface area contributed by atoms with E-state index in [0.29, 0.717) is 33.3 Å². The Labute approximate surface area is 172 Å². The summed E-state index contributed by atoms with van der Waals surface area (Å²) in [5.74, 6) is 0.379. The van der Waals surface area contributed by atoms with Crippen molar-refractivity contribution in [2.45, 2.75) is 37.5 Å². The summed E-state index contributed by atoms with van der Waals surface area (Å²) in [6, 6.07) is 13.0. The highest BCUT2D eigenvalue weighted by atomic mass is 32.2. The highest BCUT2D eigenvalue weighted by Crippen LogP contribution is 2.27. The summed E-state index contributed by atoms with van der Waals surface area (Å²) in [5.41, 5.74) is 3.10. The van der Waals surface area contributed by atoms with Crippen molar-refractivity contribution in [3.05, 3.63) is 69.3 Å². The molecule has 3 rings (SSSR count). The topological polar surface area (TPSA) is 78.7 Å². The molecule has 3 aromatic rings. The Hall–Kier alpha value is -2.69. The van der Waals surface area contributed by atoms with Crippen molar-refractivity contribution in [3.8, 4) is 6.07 Å². The summed E-state index contributed by atoms with van der Waals surface area (Å²) < 4.78 is 0. The molecule has 1 amide bonds. The number of nitrogens with zero attached hydrogens (tertiary/aromatic N) is 3. The first-order valence-corrected chi connectivity index (χ1v) is 10.8. The number of nitriles is 1. The van der Waals surface area contributed by atoms with E-state index in [1.54, 1.807) is 24.3 Å². The third kappa shape index (κ3) is 4.97. The normalized spacial score (nSPS) is 10.5. The lowest BCUT2D eigenvalue weighted by atomic mass is 10.1. The van der Waals surface area contributed by atoms with Crippen LogP contribution in [0.5, 0.6) is 0 Å². The summed E-state index contributed by atoms with van der Waals surface area (Å²) in [6.07, 6.45) is 2.06. The molecule has 142 valence electrons. The van der Waals surface area contributed by atoms with Gasteiger partial charge in [0.25, 0.3) is 5.91 Å². The number of benzene rings is 1. The SMILES string of the molecule is CCCc1nc(CSc2nc(C)c(C(=O)Nc3ccccc3)cc2C#N)cs1. The monoisotopic (exact) mass is 408 g/mol. The van der Waals surface area contributed by atoms with Gasteiger partial charge in [-0.05, 0) is 38.0 Å². The van der Waals surface area contributed by atoms with Crippen molar-refractivity contribution in [1.82, 2.24) is 9.97 Å². The third-order valence-electron chi connectivity index (χ3n) is 3.99. The van der Waals surface area contributed by atoms with Crippen LogP contribution >= 0.6 is 23.1 Å². The number of thioether (sulfide) groups is 1. The van der Waals surface area contributed by atoms with Crippen LogP contribution in [0.1, 0.15) is 45.7 Å². The molecule has 2 heterocycles. The molecule has 1 N–H and O–H groups in total. The largest absolute Gasteiger partial charge is 0.322 e. The van der Waals surface area contributed by atoms with Crippen molar-refractivity contribution in [3.63, 3.8) is 0 Å². The fourth-order valence-corrected chi connectivity index (χ4v) is 4.51. The second kappa shape index (κ2) is 9.49. The first-order chi connectivity index (χ1) is 13.6. The molecule has 0 atom stereocenters. The molecule has 2 aromatic heterocycles. The lowest BCUT2D eigenvalue weighted by Crippen LogP contribution is -2.15. The van der Waals surface area contributed by atoms with Crippen molar-refractivity contribution in [2.75, 3.05) is 5.32 Å². The zero-order valence-electron chi connectivity index (χ0n) is 15.7. The molecule has 0 aliphatic carbocycles. The molecule has 1 aromatic carbocycles. The Morgan fingerprint density at radius 3 is 2.79 bits per heavy atom. The van der Waals surface area contributed by atoms with Crippen LogP contribution in [-0.4, -0.2) is 15.9 Å². The summed E-state index contributed by atoms with van der Waals surface area (Å²) in [5, 5.41) is 16.2. The Morgan fingerprint density at radius 2 is 2.07 bits per heavy atom. The first kappa shape index (κ1) is 20.1. The van der Waals surface area contributed by atoms with Crippen LogP contribution in [0.15, 0.2) is 46.8 Å². The standard InChI is InChI=1S/C21H20N4OS2/c1-3-7-19-24-17(12-27-19)13-28-21-15(11-22)10-18(14(2)23-21)20(26)25-16-8-5-4-6-9-16/h4-6,8-10,12H,3,7,13H2,1-2H3,(H,25,26). The number of carbonyl (C=O) groups excluding carboxylic acids is 1. The van der Waals surface area contributed by atoms with E-state index in [9.17, 15) is 10.1 Å². The van der Waals surface area contributed by atoms with Gasteiger partial charge in [0.1, 0.15) is 11.1 Å². The minimum Gasteiger partial charge on any atom is -0.322 e. The van der Waals surface area contributed by atoms with Crippen LogP contribution in [0.2, 0.25) is 0 Å². The van der Waals surface area contributed by atoms with Gasteiger partial charge in [-0.15, -0.1) is 11.3 Å². The van der Waals surface area contributed by atoms with Gasteiger partial charge in [0.15, 0.2) is 0 Å². The molecular formula is C21H20N4OS2. The Morgan fingerprint density at radius 1 is 1.29 bits per heavy atom. The van der Waals surface area contributed by atoms with Crippen molar-refractivity contribution in [2.24, 2.45) is 0 Å². The lowest BCUT2D eigenvalue weighted by Gasteiger charge is -2.10. The van der Waals surface area contributed by atoms with E-state index in [1.807, 2.05) is 30.3 Å². The molecule has 0 fully saturated rings. The smallest absolute Gasteiger partial charge is 0.257 e. The average molecular weight is 409 g/mol. The molecule has 0 bridgehead atoms. The maximum atomic E-state index is 12.6. The molecule has 0 aliphatic rings. The van der Waals surface area contributed by atoms with E-state index in [-0.39, 0.29) is 5.91 Å². The molecule has 0 saturated heterocycles. The van der Waals surface area contributed by atoms with E-state index >= 15 is 0 Å². The number of hydrogen-bond acceptors (Lipinski definition) is 6. The predicted octanol–water partition coefficient (Wildman–Crippen LogP) is 5.22. The van der Waals surface area contributed by atoms with Gasteiger partial charge < -0.3 is 5.32 Å². The summed E-state index contributed by atoms with van der Waals surface area (Å²) in [4.78, 5) is 21.7. The summed E-state index contributed by atoms with van der Waals surface area (Å²) in [6.45, 7) is 3.92. The molecule has 7 heteroatoms. The molecule has 0 saturated carbocycles. The molecule has 0 aliphatic heterocycles. The number of anilines is 1. The van der Waals surface area contributed by atoms with Crippen molar-refractivity contribution in [1.29, 1.82) is 5.26 Å². The molecular weight excluding hydrogens is 388 g/mol. The van der Waals surface area contributed by atoms with Crippen LogP contribution in [0.25, 0.3) is 0 Å². The lowest BCUT2D eigenvalue weighted by molar-refractivity contribution is 0.102. The van der Waals surface area contributed by atoms with Gasteiger partial charge in [0, 0.05) is 16.8 Å². The molecule has 28 heavy (non-hydrogen) atoms. The molecule has 0 radical (unpaired) electrons. The van der Waals surface area contributed by atoms with Crippen molar-refractivity contribution >= 4 is 34.7 Å². The van der Waals surface area contributed by atoms with Gasteiger partial charge >= 0.3 is 0 Å². The number of hydrogen-bond donors (Lipinski definition) is 1. The predicted molar refractivity (Wildman–Crippen MR) is 114 cm³/mol. The quantitative estimate of drug-likeness (QED) is 0.543. The van der Waals surface area contributed by atoms with Crippen LogP contribution in [0.3, 0.4) is 0 Å². The van der Waals surface area contributed by atoms with Crippen molar-refractivity contribution < 1.29 is 4.79 Å². The van der Waals surface area contributed by atoms with Gasteiger partial charge in [0.05, 0.1) is 27.5 Å². The number of aryl methyl sites for hydroxylation is 2. The number of para-hydroxylation sites is 1. The average Bonchev–Trinajstić information content (AvgIpc) is 3.15. The highest BCUT2D eigenvalue weighted by molar-refractivity contribution is 7.98.